The number of rotatable bonds is 1. The summed E-state index contributed by atoms with van der Waals surface area (Å²) in [7, 11) is 1.80. The molecule has 5 nitrogen and oxygen atoms in total. The molecular weight excluding hydrogens is 154 g/mol. The zero-order valence-corrected chi connectivity index (χ0v) is 6.63. The molecule has 0 amide bonds. The molecule has 0 bridgehead atoms. The molecule has 0 aromatic carbocycles. The molecule has 0 aliphatic heterocycles. The van der Waals surface area contributed by atoms with Crippen molar-refractivity contribution < 1.29 is 0 Å². The second kappa shape index (κ2) is 2.37. The average Bonchev–Trinajstić information content (AvgIpc) is 2.50. The minimum Gasteiger partial charge on any atom is -0.372 e. The van der Waals surface area contributed by atoms with Crippen molar-refractivity contribution in [1.82, 2.24) is 15.0 Å². The van der Waals surface area contributed by atoms with E-state index in [0.29, 0.717) is 0 Å². The van der Waals surface area contributed by atoms with Gasteiger partial charge in [-0.15, -0.1) is 0 Å². The first-order valence-corrected chi connectivity index (χ1v) is 3.59. The molecule has 0 aliphatic rings. The fourth-order valence-electron chi connectivity index (χ4n) is 1.15. The van der Waals surface area contributed by atoms with E-state index in [-0.39, 0.29) is 5.95 Å². The van der Waals surface area contributed by atoms with Gasteiger partial charge in [-0.05, 0) is 6.07 Å². The van der Waals surface area contributed by atoms with Crippen molar-refractivity contribution in [2.24, 2.45) is 0 Å². The summed E-state index contributed by atoms with van der Waals surface area (Å²) >= 11 is 0. The van der Waals surface area contributed by atoms with Gasteiger partial charge >= 0.3 is 0 Å². The Morgan fingerprint density at radius 1 is 1.50 bits per heavy atom. The number of H-pyrrole nitrogens is 1. The van der Waals surface area contributed by atoms with Crippen molar-refractivity contribution in [2.75, 3.05) is 18.1 Å². The van der Waals surface area contributed by atoms with Crippen molar-refractivity contribution in [3.63, 3.8) is 0 Å². The maximum absolute atomic E-state index is 5.48. The minimum atomic E-state index is 0.273. The second-order valence-electron chi connectivity index (χ2n) is 2.42. The van der Waals surface area contributed by atoms with Crippen LogP contribution in [0.1, 0.15) is 0 Å². The van der Waals surface area contributed by atoms with Crippen LogP contribution in [0.25, 0.3) is 11.0 Å². The number of nitrogen functional groups attached to an aromatic ring is 1. The van der Waals surface area contributed by atoms with Crippen LogP contribution in [0.15, 0.2) is 12.3 Å². The number of anilines is 2. The topological polar surface area (TPSA) is 79.6 Å². The lowest BCUT2D eigenvalue weighted by molar-refractivity contribution is 1.21. The molecule has 0 saturated heterocycles. The molecule has 4 N–H and O–H groups in total. The lowest BCUT2D eigenvalue weighted by Crippen LogP contribution is -2.00. The maximum Gasteiger partial charge on any atom is 0.223 e. The highest BCUT2D eigenvalue weighted by molar-refractivity contribution is 5.87. The van der Waals surface area contributed by atoms with Crippen LogP contribution in [-0.2, 0) is 0 Å². The highest BCUT2D eigenvalue weighted by atomic mass is 15.1. The van der Waals surface area contributed by atoms with E-state index in [4.69, 9.17) is 5.73 Å². The highest BCUT2D eigenvalue weighted by Crippen LogP contribution is 2.18. The van der Waals surface area contributed by atoms with E-state index < -0.39 is 0 Å². The Bertz CT molecular complexity index is 405. The first-order valence-electron chi connectivity index (χ1n) is 3.59. The number of nitrogens with zero attached hydrogens (tertiary/aromatic N) is 2. The molecule has 2 heterocycles. The molecule has 2 aromatic rings. The van der Waals surface area contributed by atoms with Crippen LogP contribution < -0.4 is 11.1 Å². The first-order chi connectivity index (χ1) is 5.81. The molecule has 0 fully saturated rings. The average molecular weight is 163 g/mol. The standard InChI is InChI=1S/C7H9N5/c1-9-5-4-2-3-10-6(4)12-7(8)11-5/h2-3H,1H3,(H4,8,9,10,11,12). The Morgan fingerprint density at radius 2 is 2.33 bits per heavy atom. The van der Waals surface area contributed by atoms with E-state index in [0.717, 1.165) is 16.9 Å². The van der Waals surface area contributed by atoms with Crippen LogP contribution in [0, 0.1) is 0 Å². The molecule has 2 aromatic heterocycles. The molecule has 0 unspecified atom stereocenters. The van der Waals surface area contributed by atoms with E-state index in [1.165, 1.54) is 0 Å². The van der Waals surface area contributed by atoms with Gasteiger partial charge in [0.25, 0.3) is 0 Å². The molecule has 0 aliphatic carbocycles. The summed E-state index contributed by atoms with van der Waals surface area (Å²) < 4.78 is 0. The predicted octanol–water partition coefficient (Wildman–Crippen LogP) is 0.582. The molecule has 0 spiro atoms. The lowest BCUT2D eigenvalue weighted by atomic mass is 10.4. The Kier molecular flexibility index (Phi) is 1.36. The van der Waals surface area contributed by atoms with Crippen LogP contribution in [0.2, 0.25) is 0 Å². The van der Waals surface area contributed by atoms with Crippen molar-refractivity contribution in [2.45, 2.75) is 0 Å². The summed E-state index contributed by atoms with van der Waals surface area (Å²) in [4.78, 5) is 11.0. The van der Waals surface area contributed by atoms with Gasteiger partial charge in [-0.2, -0.15) is 9.97 Å². The molecule has 0 saturated carbocycles. The number of aromatic amines is 1. The summed E-state index contributed by atoms with van der Waals surface area (Å²) in [5, 5.41) is 3.90. The molecule has 12 heavy (non-hydrogen) atoms. The summed E-state index contributed by atoms with van der Waals surface area (Å²) in [6.45, 7) is 0. The van der Waals surface area contributed by atoms with E-state index in [2.05, 4.69) is 20.3 Å². The van der Waals surface area contributed by atoms with E-state index >= 15 is 0 Å². The molecule has 0 atom stereocenters. The van der Waals surface area contributed by atoms with Gasteiger partial charge < -0.3 is 16.0 Å². The zero-order valence-electron chi connectivity index (χ0n) is 6.63. The summed E-state index contributed by atoms with van der Waals surface area (Å²) in [5.41, 5.74) is 6.23. The van der Waals surface area contributed by atoms with Crippen molar-refractivity contribution >= 4 is 22.8 Å². The molecule has 0 radical (unpaired) electrons. The second-order valence-corrected chi connectivity index (χ2v) is 2.42. The van der Waals surface area contributed by atoms with Crippen LogP contribution in [0.3, 0.4) is 0 Å². The first kappa shape index (κ1) is 6.90. The number of aromatic nitrogens is 3. The van der Waals surface area contributed by atoms with Crippen LogP contribution in [0.4, 0.5) is 11.8 Å². The maximum atomic E-state index is 5.48. The quantitative estimate of drug-likeness (QED) is 0.574. The Morgan fingerprint density at radius 3 is 3.08 bits per heavy atom. The molecule has 2 rings (SSSR count). The molecule has 5 heteroatoms. The van der Waals surface area contributed by atoms with Crippen LogP contribution in [-0.4, -0.2) is 22.0 Å². The summed E-state index contributed by atoms with van der Waals surface area (Å²) in [6.07, 6.45) is 1.81. The largest absolute Gasteiger partial charge is 0.372 e. The van der Waals surface area contributed by atoms with Crippen molar-refractivity contribution in [3.05, 3.63) is 12.3 Å². The van der Waals surface area contributed by atoms with E-state index in [9.17, 15) is 0 Å². The predicted molar refractivity (Wildman–Crippen MR) is 47.8 cm³/mol. The number of hydrogen-bond donors (Lipinski definition) is 3. The third kappa shape index (κ3) is 0.868. The zero-order chi connectivity index (χ0) is 8.55. The number of hydrogen-bond acceptors (Lipinski definition) is 4. The normalized spacial score (nSPS) is 10.4. The third-order valence-corrected chi connectivity index (χ3v) is 1.67. The summed E-state index contributed by atoms with van der Waals surface area (Å²) in [6, 6.07) is 1.90. The Labute approximate surface area is 69.0 Å². The SMILES string of the molecule is CNc1nc(N)nc2[nH]ccc12. The molecule has 62 valence electrons. The van der Waals surface area contributed by atoms with Gasteiger partial charge in [-0.25, -0.2) is 0 Å². The van der Waals surface area contributed by atoms with Gasteiger partial charge in [0.2, 0.25) is 5.95 Å². The fourth-order valence-corrected chi connectivity index (χ4v) is 1.15. The fraction of sp³-hybridized carbons (Fsp3) is 0.143. The van der Waals surface area contributed by atoms with Crippen LogP contribution >= 0.6 is 0 Å². The van der Waals surface area contributed by atoms with Gasteiger partial charge in [0.15, 0.2) is 0 Å². The highest BCUT2D eigenvalue weighted by Gasteiger charge is 2.03. The van der Waals surface area contributed by atoms with Crippen molar-refractivity contribution in [3.8, 4) is 0 Å². The number of nitrogens with two attached hydrogens (primary N) is 1. The molecular formula is C7H9N5. The minimum absolute atomic E-state index is 0.273. The van der Waals surface area contributed by atoms with Crippen LogP contribution in [0.5, 0.6) is 0 Å². The van der Waals surface area contributed by atoms with Gasteiger partial charge in [-0.3, -0.25) is 0 Å². The van der Waals surface area contributed by atoms with E-state index in [1.807, 2.05) is 6.07 Å². The Hall–Kier alpha value is -1.78. The lowest BCUT2D eigenvalue weighted by Gasteiger charge is -2.00. The Balaban J connectivity index is 2.80. The number of nitrogens with one attached hydrogen (secondary N) is 2. The van der Waals surface area contributed by atoms with E-state index in [1.54, 1.807) is 13.2 Å². The van der Waals surface area contributed by atoms with Gasteiger partial charge in [0.1, 0.15) is 11.5 Å². The smallest absolute Gasteiger partial charge is 0.223 e. The van der Waals surface area contributed by atoms with Gasteiger partial charge in [0, 0.05) is 13.2 Å². The summed E-state index contributed by atoms with van der Waals surface area (Å²) in [5.74, 6) is 1.02. The third-order valence-electron chi connectivity index (χ3n) is 1.67. The van der Waals surface area contributed by atoms with Gasteiger partial charge in [0.05, 0.1) is 5.39 Å². The van der Waals surface area contributed by atoms with Gasteiger partial charge in [-0.1, -0.05) is 0 Å². The number of fused-ring (bicyclic) bond motifs is 1. The monoisotopic (exact) mass is 163 g/mol. The van der Waals surface area contributed by atoms with Crippen molar-refractivity contribution in [1.29, 1.82) is 0 Å².